The van der Waals surface area contributed by atoms with Crippen LogP contribution in [0.15, 0.2) is 0 Å². The molecule has 0 amide bonds. The minimum atomic E-state index is -3.83. The third-order valence-electron chi connectivity index (χ3n) is 0. The largest absolute Gasteiger partial charge is 1.00 e. The molecule has 0 saturated carbocycles. The molecule has 3 nitrogen and oxygen atoms in total. The van der Waals surface area contributed by atoms with E-state index in [2.05, 4.69) is 11.2 Å². The second-order valence-corrected chi connectivity index (χ2v) is 2.65. The molecule has 0 aliphatic carbocycles. The van der Waals surface area contributed by atoms with Crippen molar-refractivity contribution in [2.75, 3.05) is 0 Å². The van der Waals surface area contributed by atoms with E-state index in [1.807, 2.05) is 0 Å². The Bertz CT molecular complexity index is 96.1. The van der Waals surface area contributed by atoms with Crippen LogP contribution in [0.2, 0.25) is 0 Å². The van der Waals surface area contributed by atoms with E-state index in [1.165, 1.54) is 0 Å². The topological polar surface area (TPSA) is 57.5 Å². The summed E-state index contributed by atoms with van der Waals surface area (Å²) in [6.45, 7) is 0. The molecule has 6 heavy (non-hydrogen) atoms. The van der Waals surface area contributed by atoms with E-state index in [-0.39, 0.29) is 70.3 Å². The van der Waals surface area contributed by atoms with Gasteiger partial charge in [-0.15, -0.1) is 0 Å². The molecule has 0 radical (unpaired) electrons. The monoisotopic (exact) mass is 248 g/mol. The first-order chi connectivity index (χ1) is 2.00. The van der Waals surface area contributed by atoms with Gasteiger partial charge in [0, 0.05) is 11.2 Å². The summed E-state index contributed by atoms with van der Waals surface area (Å²) in [6, 6.07) is 0. The van der Waals surface area contributed by atoms with Crippen LogP contribution in [0.3, 0.4) is 0 Å². The zero-order valence-corrected chi connectivity index (χ0v) is 11.0. The molecular weight excluding hydrogens is 245 g/mol. The number of hydrogen-bond donors (Lipinski definition) is 2. The molecule has 0 rings (SSSR count). The number of rotatable bonds is 0. The van der Waals surface area contributed by atoms with Crippen molar-refractivity contribution in [3.05, 3.63) is 0 Å². The summed E-state index contributed by atoms with van der Waals surface area (Å²) < 4.78 is 24.0. The third kappa shape index (κ3) is 33.0. The van der Waals surface area contributed by atoms with Crippen molar-refractivity contribution in [2.24, 2.45) is 0 Å². The molecule has 0 aromatic rings. The molecule has 6 heteroatoms. The van der Waals surface area contributed by atoms with Gasteiger partial charge in [-0.05, 0) is 0 Å². The Kier molecular flexibility index (Phi) is 7.91. The first kappa shape index (κ1) is 11.2. The van der Waals surface area contributed by atoms with Gasteiger partial charge in [-0.1, -0.05) is 0 Å². The van der Waals surface area contributed by atoms with Gasteiger partial charge in [-0.25, -0.2) is 0 Å². The van der Waals surface area contributed by atoms with E-state index >= 15 is 0 Å². The van der Waals surface area contributed by atoms with E-state index in [9.17, 15) is 0 Å². The minimum absolute atomic E-state index is 0. The second-order valence-electron chi connectivity index (χ2n) is 0.448. The maximum atomic E-state index is 9.11. The fourth-order valence-electron chi connectivity index (χ4n) is 0. The normalized spacial score (nSPS) is 9.67. The Labute approximate surface area is 101 Å². The summed E-state index contributed by atoms with van der Waals surface area (Å²) in [6.07, 6.45) is 0. The SMILES string of the molecule is O=S(O)(O)=S.[Cs+].[H-]. The Morgan fingerprint density at radius 1 is 1.67 bits per heavy atom. The van der Waals surface area contributed by atoms with Crippen molar-refractivity contribution in [3.63, 3.8) is 0 Å². The molecule has 0 aliphatic rings. The second kappa shape index (κ2) is 4.24. The summed E-state index contributed by atoms with van der Waals surface area (Å²) in [5, 5.41) is 0. The van der Waals surface area contributed by atoms with Crippen molar-refractivity contribution in [3.8, 4) is 0 Å². The molecule has 0 spiro atoms. The smallest absolute Gasteiger partial charge is 1.00 e. The Morgan fingerprint density at radius 2 is 1.67 bits per heavy atom. The zero-order valence-electron chi connectivity index (χ0n) is 4.12. The van der Waals surface area contributed by atoms with Crippen LogP contribution in [0.1, 0.15) is 1.43 Å². The predicted molar refractivity (Wildman–Crippen MR) is 21.9 cm³/mol. The van der Waals surface area contributed by atoms with Crippen molar-refractivity contribution in [1.82, 2.24) is 0 Å². The fraction of sp³-hybridized carbons (Fsp3) is 0. The van der Waals surface area contributed by atoms with E-state index in [0.29, 0.717) is 0 Å². The van der Waals surface area contributed by atoms with Gasteiger partial charge in [0.05, 0.1) is 0 Å². The van der Waals surface area contributed by atoms with Crippen molar-refractivity contribution in [1.29, 1.82) is 0 Å². The summed E-state index contributed by atoms with van der Waals surface area (Å²) in [5.74, 6) is 0. The van der Waals surface area contributed by atoms with Gasteiger partial charge >= 0.3 is 68.9 Å². The van der Waals surface area contributed by atoms with Gasteiger partial charge in [0.25, 0.3) is 9.05 Å². The molecule has 0 aromatic carbocycles. The van der Waals surface area contributed by atoms with Crippen LogP contribution in [0.4, 0.5) is 0 Å². The summed E-state index contributed by atoms with van der Waals surface area (Å²) in [5.41, 5.74) is 0. The van der Waals surface area contributed by atoms with Gasteiger partial charge in [0.15, 0.2) is 0 Å². The van der Waals surface area contributed by atoms with Crippen LogP contribution in [-0.2, 0) is 20.2 Å². The third-order valence-corrected chi connectivity index (χ3v) is 0. The van der Waals surface area contributed by atoms with Crippen LogP contribution in [0, 0.1) is 0 Å². The summed E-state index contributed by atoms with van der Waals surface area (Å²) in [4.78, 5) is 0. The molecule has 0 bridgehead atoms. The van der Waals surface area contributed by atoms with Crippen LogP contribution in [-0.4, -0.2) is 13.3 Å². The van der Waals surface area contributed by atoms with Crippen LogP contribution in [0.25, 0.3) is 0 Å². The Balaban J connectivity index is -0.0000000800. The first-order valence-electron chi connectivity index (χ1n) is 0.698. The van der Waals surface area contributed by atoms with E-state index in [4.69, 9.17) is 13.3 Å². The van der Waals surface area contributed by atoms with Crippen LogP contribution < -0.4 is 68.9 Å². The quantitative estimate of drug-likeness (QED) is 0.474. The molecule has 2 N–H and O–H groups in total. The fourth-order valence-corrected chi connectivity index (χ4v) is 0. The van der Waals surface area contributed by atoms with Gasteiger partial charge in [0.2, 0.25) is 0 Å². The number of hydrogen-bond acceptors (Lipinski definition) is 2. The van der Waals surface area contributed by atoms with E-state index < -0.39 is 9.05 Å². The minimum Gasteiger partial charge on any atom is -1.00 e. The molecule has 0 saturated heterocycles. The average molecular weight is 248 g/mol. The molecule has 0 fully saturated rings. The van der Waals surface area contributed by atoms with Gasteiger partial charge in [-0.3, -0.25) is 9.11 Å². The van der Waals surface area contributed by atoms with Crippen LogP contribution in [0.5, 0.6) is 0 Å². The van der Waals surface area contributed by atoms with Crippen molar-refractivity contribution >= 4 is 20.2 Å². The van der Waals surface area contributed by atoms with E-state index in [0.717, 1.165) is 0 Å². The Morgan fingerprint density at radius 3 is 1.67 bits per heavy atom. The summed E-state index contributed by atoms with van der Waals surface area (Å²) in [7, 11) is -3.83. The van der Waals surface area contributed by atoms with E-state index in [1.54, 1.807) is 0 Å². The maximum Gasteiger partial charge on any atom is 1.00 e. The molecule has 0 aromatic heterocycles. The van der Waals surface area contributed by atoms with Gasteiger partial charge in [0.1, 0.15) is 0 Å². The molecule has 0 unspecified atom stereocenters. The zero-order chi connectivity index (χ0) is 4.50. The van der Waals surface area contributed by atoms with Crippen molar-refractivity contribution < 1.29 is 83.6 Å². The molecular formula is H3CsO3S2. The molecule has 0 atom stereocenters. The predicted octanol–water partition coefficient (Wildman–Crippen LogP) is -3.20. The van der Waals surface area contributed by atoms with Crippen molar-refractivity contribution in [2.45, 2.75) is 0 Å². The summed E-state index contributed by atoms with van der Waals surface area (Å²) >= 11 is 3.47. The molecule has 0 aliphatic heterocycles. The average Bonchev–Trinajstić information content (AvgIpc) is 0.722. The first-order valence-corrected chi connectivity index (χ1v) is 3.10. The van der Waals surface area contributed by atoms with Crippen LogP contribution >= 0.6 is 0 Å². The molecule has 34 valence electrons. The molecule has 0 heterocycles. The maximum absolute atomic E-state index is 9.11. The Hall–Kier alpha value is 2.34. The van der Waals surface area contributed by atoms with Gasteiger partial charge < -0.3 is 1.43 Å². The standard InChI is InChI=1S/Cs.H2O3S2.H/c;1-5(2,3)4;/h;(H2,1,2,3,4);/q+1;;-1. The van der Waals surface area contributed by atoms with Gasteiger partial charge in [-0.2, -0.15) is 4.21 Å².